The van der Waals surface area contributed by atoms with Crippen molar-refractivity contribution in [3.05, 3.63) is 237 Å². The number of furan rings is 1. The van der Waals surface area contributed by atoms with Crippen molar-refractivity contribution in [1.29, 1.82) is 0 Å². The third kappa shape index (κ3) is 6.29. The molecule has 2 heteroatoms. The molecule has 0 N–H and O–H groups in total. The summed E-state index contributed by atoms with van der Waals surface area (Å²) in [4.78, 5) is 2.36. The van der Waals surface area contributed by atoms with Crippen LogP contribution in [0.3, 0.4) is 0 Å². The van der Waals surface area contributed by atoms with Gasteiger partial charge in [-0.05, 0) is 131 Å². The number of hydrogen-bond acceptors (Lipinski definition) is 2. The average molecular weight is 790 g/mol. The molecule has 1 aromatic heterocycles. The fraction of sp³-hybridized carbons (Fsp3) is 0. The van der Waals surface area contributed by atoms with Crippen LogP contribution in [0.5, 0.6) is 0 Å². The normalized spacial score (nSPS) is 11.5. The minimum absolute atomic E-state index is 0.865. The summed E-state index contributed by atoms with van der Waals surface area (Å²) in [6.07, 6.45) is 0. The van der Waals surface area contributed by atoms with Gasteiger partial charge in [-0.25, -0.2) is 0 Å². The van der Waals surface area contributed by atoms with Gasteiger partial charge in [0.15, 0.2) is 5.58 Å². The monoisotopic (exact) mass is 789 g/mol. The van der Waals surface area contributed by atoms with Gasteiger partial charge in [0.25, 0.3) is 0 Å². The third-order valence-electron chi connectivity index (χ3n) is 12.4. The molecule has 0 aliphatic heterocycles. The molecule has 0 radical (unpaired) electrons. The summed E-state index contributed by atoms with van der Waals surface area (Å²) in [5.74, 6) is 0. The van der Waals surface area contributed by atoms with E-state index < -0.39 is 0 Å². The first-order valence-electron chi connectivity index (χ1n) is 21.2. The number of rotatable bonds is 7. The van der Waals surface area contributed by atoms with Gasteiger partial charge in [0.2, 0.25) is 0 Å². The van der Waals surface area contributed by atoms with E-state index in [9.17, 15) is 0 Å². The molecular weight excluding hydrogens is 751 g/mol. The molecule has 12 rings (SSSR count). The first-order valence-corrected chi connectivity index (χ1v) is 21.2. The second kappa shape index (κ2) is 14.8. The van der Waals surface area contributed by atoms with E-state index in [1.165, 1.54) is 54.7 Å². The molecule has 0 amide bonds. The van der Waals surface area contributed by atoms with Crippen molar-refractivity contribution in [3.8, 4) is 44.5 Å². The van der Waals surface area contributed by atoms with Crippen LogP contribution in [-0.4, -0.2) is 0 Å². The van der Waals surface area contributed by atoms with Crippen molar-refractivity contribution in [2.45, 2.75) is 0 Å². The van der Waals surface area contributed by atoms with Crippen molar-refractivity contribution >= 4 is 71.3 Å². The van der Waals surface area contributed by atoms with E-state index in [4.69, 9.17) is 4.42 Å². The highest BCUT2D eigenvalue weighted by Gasteiger charge is 2.22. The molecule has 0 bridgehead atoms. The molecular formula is C60H39NO. The fourth-order valence-electron chi connectivity index (χ4n) is 9.24. The first kappa shape index (κ1) is 35.7. The Hall–Kier alpha value is -8.20. The van der Waals surface area contributed by atoms with E-state index in [1.807, 2.05) is 6.07 Å². The van der Waals surface area contributed by atoms with Gasteiger partial charge in [-0.1, -0.05) is 182 Å². The lowest BCUT2D eigenvalue weighted by atomic mass is 9.96. The molecule has 0 aliphatic carbocycles. The minimum atomic E-state index is 0.865. The Bertz CT molecular complexity index is 3620. The number of para-hydroxylation sites is 1. The van der Waals surface area contributed by atoms with Gasteiger partial charge in [-0.2, -0.15) is 0 Å². The highest BCUT2D eigenvalue weighted by molar-refractivity contribution is 6.23. The van der Waals surface area contributed by atoms with E-state index in [0.29, 0.717) is 0 Å². The van der Waals surface area contributed by atoms with Crippen LogP contribution in [0, 0.1) is 0 Å². The lowest BCUT2D eigenvalue weighted by Gasteiger charge is -2.27. The van der Waals surface area contributed by atoms with Crippen LogP contribution in [0.25, 0.3) is 98.8 Å². The maximum atomic E-state index is 6.83. The molecule has 11 aromatic carbocycles. The summed E-state index contributed by atoms with van der Waals surface area (Å²) in [6.45, 7) is 0. The Morgan fingerprint density at radius 3 is 1.45 bits per heavy atom. The molecule has 0 fully saturated rings. The molecule has 0 spiro atoms. The zero-order valence-electron chi connectivity index (χ0n) is 33.9. The highest BCUT2D eigenvalue weighted by Crippen LogP contribution is 2.46. The van der Waals surface area contributed by atoms with Crippen molar-refractivity contribution in [1.82, 2.24) is 0 Å². The number of hydrogen-bond donors (Lipinski definition) is 0. The van der Waals surface area contributed by atoms with Crippen LogP contribution in [0.1, 0.15) is 0 Å². The van der Waals surface area contributed by atoms with E-state index in [0.717, 1.165) is 61.1 Å². The molecule has 0 unspecified atom stereocenters. The SMILES string of the molecule is c1ccc(-c2ccc(-c3cccc(N(c4ccc(-c5ccc6cc(-c7ccc8ccccc8c7)ccc6c5)cc4)c4cc5ccccc5c5c4oc4ccccc45)c3)cc2)cc1. The lowest BCUT2D eigenvalue weighted by Crippen LogP contribution is -2.10. The second-order valence-electron chi connectivity index (χ2n) is 16.1. The molecule has 290 valence electrons. The summed E-state index contributed by atoms with van der Waals surface area (Å²) in [5, 5.41) is 9.54. The van der Waals surface area contributed by atoms with Gasteiger partial charge in [-0.3, -0.25) is 0 Å². The first-order chi connectivity index (χ1) is 30.7. The molecule has 0 saturated heterocycles. The zero-order valence-corrected chi connectivity index (χ0v) is 33.9. The van der Waals surface area contributed by atoms with Crippen LogP contribution in [-0.2, 0) is 0 Å². The Morgan fingerprint density at radius 1 is 0.274 bits per heavy atom. The predicted octanol–water partition coefficient (Wildman–Crippen LogP) is 17.2. The molecule has 2 nitrogen and oxygen atoms in total. The smallest absolute Gasteiger partial charge is 0.160 e. The van der Waals surface area contributed by atoms with Gasteiger partial charge in [0.1, 0.15) is 5.58 Å². The van der Waals surface area contributed by atoms with Crippen LogP contribution < -0.4 is 4.90 Å². The zero-order chi connectivity index (χ0) is 41.0. The van der Waals surface area contributed by atoms with Crippen molar-refractivity contribution in [2.24, 2.45) is 0 Å². The number of fused-ring (bicyclic) bond motifs is 7. The van der Waals surface area contributed by atoms with E-state index >= 15 is 0 Å². The van der Waals surface area contributed by atoms with Crippen molar-refractivity contribution < 1.29 is 4.42 Å². The van der Waals surface area contributed by atoms with Crippen LogP contribution >= 0.6 is 0 Å². The van der Waals surface area contributed by atoms with E-state index in [-0.39, 0.29) is 0 Å². The van der Waals surface area contributed by atoms with Gasteiger partial charge < -0.3 is 9.32 Å². The molecule has 62 heavy (non-hydrogen) atoms. The van der Waals surface area contributed by atoms with Crippen molar-refractivity contribution in [2.75, 3.05) is 4.90 Å². The maximum absolute atomic E-state index is 6.83. The number of nitrogens with zero attached hydrogens (tertiary/aromatic N) is 1. The Kier molecular flexibility index (Phi) is 8.53. The Labute approximate surface area is 360 Å². The Balaban J connectivity index is 0.957. The van der Waals surface area contributed by atoms with E-state index in [1.54, 1.807) is 0 Å². The lowest BCUT2D eigenvalue weighted by molar-refractivity contribution is 0.669. The van der Waals surface area contributed by atoms with Crippen LogP contribution in [0.2, 0.25) is 0 Å². The van der Waals surface area contributed by atoms with Gasteiger partial charge in [0.05, 0.1) is 5.69 Å². The van der Waals surface area contributed by atoms with Crippen LogP contribution in [0.15, 0.2) is 241 Å². The topological polar surface area (TPSA) is 16.4 Å². The summed E-state index contributed by atoms with van der Waals surface area (Å²) in [5.41, 5.74) is 14.3. The number of anilines is 3. The van der Waals surface area contributed by atoms with Crippen LogP contribution in [0.4, 0.5) is 17.1 Å². The van der Waals surface area contributed by atoms with E-state index in [2.05, 4.69) is 235 Å². The molecule has 0 atom stereocenters. The third-order valence-corrected chi connectivity index (χ3v) is 12.4. The summed E-state index contributed by atoms with van der Waals surface area (Å²) in [7, 11) is 0. The minimum Gasteiger partial charge on any atom is -0.454 e. The summed E-state index contributed by atoms with van der Waals surface area (Å²) < 4.78 is 6.83. The standard InChI is InChI=1S/C60H39NO/c1-2-11-40(12-3-1)42-21-23-43(24-22-42)46-16-10-17-54(38-46)61(57-39-52-15-6-7-18-55(52)59-56-19-8-9-20-58(56)62-60(57)59)53-33-31-44(32-34-53)47-27-28-50-37-51(30-29-49(50)36-47)48-26-25-41-13-4-5-14-45(41)35-48/h1-39H. The summed E-state index contributed by atoms with van der Waals surface area (Å²) in [6, 6.07) is 85.4. The summed E-state index contributed by atoms with van der Waals surface area (Å²) >= 11 is 0. The highest BCUT2D eigenvalue weighted by atomic mass is 16.3. The largest absolute Gasteiger partial charge is 0.454 e. The van der Waals surface area contributed by atoms with Gasteiger partial charge >= 0.3 is 0 Å². The Morgan fingerprint density at radius 2 is 0.742 bits per heavy atom. The second-order valence-corrected chi connectivity index (χ2v) is 16.1. The fourth-order valence-corrected chi connectivity index (χ4v) is 9.24. The molecule has 0 aliphatic rings. The maximum Gasteiger partial charge on any atom is 0.160 e. The van der Waals surface area contributed by atoms with Gasteiger partial charge in [0, 0.05) is 22.1 Å². The molecule has 12 aromatic rings. The quantitative estimate of drug-likeness (QED) is 0.160. The number of benzene rings is 11. The van der Waals surface area contributed by atoms with Gasteiger partial charge in [-0.15, -0.1) is 0 Å². The predicted molar refractivity (Wildman–Crippen MR) is 263 cm³/mol. The van der Waals surface area contributed by atoms with Crippen molar-refractivity contribution in [3.63, 3.8) is 0 Å². The average Bonchev–Trinajstić information content (AvgIpc) is 3.75. The molecule has 0 saturated carbocycles. The molecule has 1 heterocycles.